The first-order valence-corrected chi connectivity index (χ1v) is 7.13. The second kappa shape index (κ2) is 7.62. The highest BCUT2D eigenvalue weighted by molar-refractivity contribution is 7.87. The van der Waals surface area contributed by atoms with Crippen molar-refractivity contribution in [2.24, 2.45) is 5.92 Å². The summed E-state index contributed by atoms with van der Waals surface area (Å²) in [5, 5.41) is 2.67. The molecule has 0 aromatic rings. The van der Waals surface area contributed by atoms with E-state index in [9.17, 15) is 13.2 Å². The minimum Gasteiger partial charge on any atom is -0.355 e. The molecule has 0 aromatic heterocycles. The third-order valence-corrected chi connectivity index (χ3v) is 3.69. The van der Waals surface area contributed by atoms with Crippen molar-refractivity contribution in [1.29, 1.82) is 0 Å². The summed E-state index contributed by atoms with van der Waals surface area (Å²) in [6.07, 6.45) is 1.33. The van der Waals surface area contributed by atoms with Gasteiger partial charge < -0.3 is 5.32 Å². The van der Waals surface area contributed by atoms with Crippen molar-refractivity contribution in [2.75, 3.05) is 27.2 Å². The van der Waals surface area contributed by atoms with Crippen molar-refractivity contribution in [3.05, 3.63) is 0 Å². The molecule has 0 aliphatic rings. The fraction of sp³-hybridized carbons (Fsp3) is 0.900. The Labute approximate surface area is 104 Å². The number of rotatable bonds is 8. The number of nitrogens with zero attached hydrogens (tertiary/aromatic N) is 1. The van der Waals surface area contributed by atoms with Crippen molar-refractivity contribution in [1.82, 2.24) is 14.3 Å². The van der Waals surface area contributed by atoms with E-state index in [1.54, 1.807) is 0 Å². The van der Waals surface area contributed by atoms with Gasteiger partial charge in [0.2, 0.25) is 5.91 Å². The van der Waals surface area contributed by atoms with Gasteiger partial charge in [0.1, 0.15) is 0 Å². The molecule has 0 heterocycles. The van der Waals surface area contributed by atoms with Gasteiger partial charge in [-0.2, -0.15) is 12.7 Å². The molecule has 2 N–H and O–H groups in total. The van der Waals surface area contributed by atoms with Crippen molar-refractivity contribution < 1.29 is 13.2 Å². The summed E-state index contributed by atoms with van der Waals surface area (Å²) < 4.78 is 26.0. The van der Waals surface area contributed by atoms with E-state index in [0.717, 1.165) is 10.7 Å². The molecule has 0 aliphatic carbocycles. The number of nitrogens with one attached hydrogen (secondary N) is 2. The van der Waals surface area contributed by atoms with Crippen molar-refractivity contribution >= 4 is 16.1 Å². The molecule has 0 spiro atoms. The molecule has 0 rings (SSSR count). The first kappa shape index (κ1) is 16.3. The lowest BCUT2D eigenvalue weighted by atomic mass is 10.1. The molecule has 0 atom stereocenters. The first-order chi connectivity index (χ1) is 7.75. The fourth-order valence-electron chi connectivity index (χ4n) is 1.02. The highest BCUT2D eigenvalue weighted by Crippen LogP contribution is 2.02. The Balaban J connectivity index is 3.69. The third kappa shape index (κ3) is 8.12. The third-order valence-electron chi connectivity index (χ3n) is 2.16. The van der Waals surface area contributed by atoms with Crippen LogP contribution in [0, 0.1) is 5.92 Å². The van der Waals surface area contributed by atoms with Crippen LogP contribution in [0.25, 0.3) is 0 Å². The van der Waals surface area contributed by atoms with Gasteiger partial charge in [0, 0.05) is 33.6 Å². The molecule has 0 aliphatic heterocycles. The summed E-state index contributed by atoms with van der Waals surface area (Å²) in [5.74, 6) is 0.454. The molecular formula is C10H23N3O3S. The number of carbonyl (C=O) groups excluding carboxylic acids is 1. The zero-order chi connectivity index (χ0) is 13.5. The summed E-state index contributed by atoms with van der Waals surface area (Å²) in [6, 6.07) is 0. The van der Waals surface area contributed by atoms with Crippen molar-refractivity contribution in [3.8, 4) is 0 Å². The highest BCUT2D eigenvalue weighted by Gasteiger charge is 2.11. The van der Waals surface area contributed by atoms with Gasteiger partial charge >= 0.3 is 0 Å². The Kier molecular flexibility index (Phi) is 7.33. The van der Waals surface area contributed by atoms with Crippen LogP contribution < -0.4 is 10.0 Å². The fourth-order valence-corrected chi connectivity index (χ4v) is 1.64. The smallest absolute Gasteiger partial charge is 0.278 e. The van der Waals surface area contributed by atoms with Crippen LogP contribution >= 0.6 is 0 Å². The predicted molar refractivity (Wildman–Crippen MR) is 67.7 cm³/mol. The maximum Gasteiger partial charge on any atom is 0.278 e. The number of hydrogen-bond acceptors (Lipinski definition) is 3. The maximum atomic E-state index is 11.3. The quantitative estimate of drug-likeness (QED) is 0.603. The standard InChI is InChI=1S/C10H23N3O3S/c1-9(2)5-6-10(14)11-7-8-12-17(15,16)13(3)4/h9,12H,5-8H2,1-4H3,(H,11,14). The normalized spacial score (nSPS) is 12.1. The zero-order valence-electron chi connectivity index (χ0n) is 11.0. The van der Waals surface area contributed by atoms with Crippen LogP contribution in [0.5, 0.6) is 0 Å². The molecule has 0 saturated heterocycles. The van der Waals surface area contributed by atoms with Gasteiger partial charge in [0.15, 0.2) is 0 Å². The van der Waals surface area contributed by atoms with E-state index < -0.39 is 10.2 Å². The molecule has 0 unspecified atom stereocenters. The largest absolute Gasteiger partial charge is 0.355 e. The van der Waals surface area contributed by atoms with Gasteiger partial charge in [0.05, 0.1) is 0 Å². The van der Waals surface area contributed by atoms with E-state index in [1.807, 2.05) is 0 Å². The van der Waals surface area contributed by atoms with E-state index in [4.69, 9.17) is 0 Å². The molecule has 0 aromatic carbocycles. The highest BCUT2D eigenvalue weighted by atomic mass is 32.2. The van der Waals surface area contributed by atoms with E-state index in [-0.39, 0.29) is 12.5 Å². The molecule has 0 fully saturated rings. The lowest BCUT2D eigenvalue weighted by Gasteiger charge is -2.12. The van der Waals surface area contributed by atoms with Crippen LogP contribution in [-0.2, 0) is 15.0 Å². The van der Waals surface area contributed by atoms with E-state index >= 15 is 0 Å². The second-order valence-electron chi connectivity index (χ2n) is 4.46. The monoisotopic (exact) mass is 265 g/mol. The maximum absolute atomic E-state index is 11.3. The summed E-state index contributed by atoms with van der Waals surface area (Å²) >= 11 is 0. The molecule has 0 saturated carbocycles. The summed E-state index contributed by atoms with van der Waals surface area (Å²) in [5.41, 5.74) is 0. The van der Waals surface area contributed by atoms with Gasteiger partial charge in [-0.1, -0.05) is 13.8 Å². The van der Waals surface area contributed by atoms with Gasteiger partial charge in [-0.15, -0.1) is 0 Å². The Morgan fingerprint density at radius 1 is 1.24 bits per heavy atom. The molecule has 7 heteroatoms. The average Bonchev–Trinajstić information content (AvgIpc) is 2.21. The Morgan fingerprint density at radius 2 is 1.82 bits per heavy atom. The van der Waals surface area contributed by atoms with Crippen LogP contribution in [0.4, 0.5) is 0 Å². The SMILES string of the molecule is CC(C)CCC(=O)NCCNS(=O)(=O)N(C)C. The van der Waals surface area contributed by atoms with Gasteiger partial charge in [0.25, 0.3) is 10.2 Å². The van der Waals surface area contributed by atoms with E-state index in [1.165, 1.54) is 14.1 Å². The van der Waals surface area contributed by atoms with Crippen LogP contribution in [0.15, 0.2) is 0 Å². The van der Waals surface area contributed by atoms with Gasteiger partial charge in [-0.05, 0) is 12.3 Å². The molecule has 0 bridgehead atoms. The first-order valence-electron chi connectivity index (χ1n) is 5.69. The molecule has 17 heavy (non-hydrogen) atoms. The number of hydrogen-bond donors (Lipinski definition) is 2. The molecule has 6 nitrogen and oxygen atoms in total. The minimum atomic E-state index is -3.39. The number of amides is 1. The summed E-state index contributed by atoms with van der Waals surface area (Å²) in [7, 11) is -0.494. The average molecular weight is 265 g/mol. The molecule has 102 valence electrons. The summed E-state index contributed by atoms with van der Waals surface area (Å²) in [6.45, 7) is 4.62. The van der Waals surface area contributed by atoms with E-state index in [0.29, 0.717) is 18.9 Å². The second-order valence-corrected chi connectivity index (χ2v) is 6.43. The Bertz CT molecular complexity index is 326. The molecular weight excluding hydrogens is 242 g/mol. The van der Waals surface area contributed by atoms with Crippen LogP contribution in [0.2, 0.25) is 0 Å². The Hall–Kier alpha value is -0.660. The topological polar surface area (TPSA) is 78.5 Å². The summed E-state index contributed by atoms with van der Waals surface area (Å²) in [4.78, 5) is 11.3. The van der Waals surface area contributed by atoms with Crippen LogP contribution in [-0.4, -0.2) is 45.8 Å². The van der Waals surface area contributed by atoms with Gasteiger partial charge in [-0.25, -0.2) is 4.72 Å². The lowest BCUT2D eigenvalue weighted by Crippen LogP contribution is -2.40. The number of carbonyl (C=O) groups is 1. The van der Waals surface area contributed by atoms with Crippen LogP contribution in [0.3, 0.4) is 0 Å². The predicted octanol–water partition coefficient (Wildman–Crippen LogP) is -0.0652. The zero-order valence-corrected chi connectivity index (χ0v) is 11.8. The minimum absolute atomic E-state index is 0.0391. The van der Waals surface area contributed by atoms with Crippen molar-refractivity contribution in [3.63, 3.8) is 0 Å². The van der Waals surface area contributed by atoms with Crippen LogP contribution in [0.1, 0.15) is 26.7 Å². The Morgan fingerprint density at radius 3 is 2.29 bits per heavy atom. The van der Waals surface area contributed by atoms with E-state index in [2.05, 4.69) is 23.9 Å². The molecule has 0 radical (unpaired) electrons. The molecule has 1 amide bonds. The van der Waals surface area contributed by atoms with Gasteiger partial charge in [-0.3, -0.25) is 4.79 Å². The van der Waals surface area contributed by atoms with Crippen molar-refractivity contribution in [2.45, 2.75) is 26.7 Å². The lowest BCUT2D eigenvalue weighted by molar-refractivity contribution is -0.121.